The van der Waals surface area contributed by atoms with E-state index in [0.717, 1.165) is 16.7 Å². The van der Waals surface area contributed by atoms with E-state index in [1.54, 1.807) is 36.4 Å². The van der Waals surface area contributed by atoms with Crippen LogP contribution in [-0.4, -0.2) is 32.3 Å². The number of amides is 1. The molecule has 0 aliphatic heterocycles. The van der Waals surface area contributed by atoms with Crippen LogP contribution in [0.15, 0.2) is 84.0 Å². The van der Waals surface area contributed by atoms with Crippen LogP contribution >= 0.6 is 0 Å². The second kappa shape index (κ2) is 9.24. The lowest BCUT2D eigenvalue weighted by Crippen LogP contribution is -2.17. The van der Waals surface area contributed by atoms with E-state index in [2.05, 4.69) is 32.0 Å². The molecule has 3 aromatic carbocycles. The largest absolute Gasteiger partial charge is 0.271 e. The molecule has 31 heavy (non-hydrogen) atoms. The van der Waals surface area contributed by atoms with E-state index in [9.17, 15) is 4.79 Å². The number of hydrazone groups is 1. The number of hydrogen-bond acceptors (Lipinski definition) is 6. The molecule has 0 saturated heterocycles. The first-order chi connectivity index (χ1) is 15.2. The van der Waals surface area contributed by atoms with Gasteiger partial charge in [-0.25, -0.2) is 5.43 Å². The van der Waals surface area contributed by atoms with Crippen LogP contribution in [0.5, 0.6) is 0 Å². The summed E-state index contributed by atoms with van der Waals surface area (Å²) in [6.07, 6.45) is 1.52. The van der Waals surface area contributed by atoms with Crippen LogP contribution in [0.4, 0.5) is 0 Å². The lowest BCUT2D eigenvalue weighted by molar-refractivity contribution is 0.0955. The summed E-state index contributed by atoms with van der Waals surface area (Å²) >= 11 is 0. The summed E-state index contributed by atoms with van der Waals surface area (Å²) in [6.45, 7) is 0.443. The van der Waals surface area contributed by atoms with Crippen molar-refractivity contribution in [2.75, 3.05) is 0 Å². The van der Waals surface area contributed by atoms with Crippen LogP contribution in [0.2, 0.25) is 0 Å². The van der Waals surface area contributed by atoms with Gasteiger partial charge in [-0.05, 0) is 40.6 Å². The van der Waals surface area contributed by atoms with E-state index in [4.69, 9.17) is 5.26 Å². The van der Waals surface area contributed by atoms with Gasteiger partial charge in [0, 0.05) is 11.1 Å². The van der Waals surface area contributed by atoms with Crippen LogP contribution in [0.3, 0.4) is 0 Å². The fourth-order valence-electron chi connectivity index (χ4n) is 2.81. The summed E-state index contributed by atoms with van der Waals surface area (Å²) < 4.78 is 0. The Morgan fingerprint density at radius 2 is 1.77 bits per heavy atom. The number of rotatable bonds is 6. The van der Waals surface area contributed by atoms with Crippen molar-refractivity contribution in [1.82, 2.24) is 25.6 Å². The van der Waals surface area contributed by atoms with Crippen molar-refractivity contribution in [3.05, 3.63) is 101 Å². The Kier molecular flexibility index (Phi) is 5.86. The van der Waals surface area contributed by atoms with E-state index in [0.29, 0.717) is 23.5 Å². The van der Waals surface area contributed by atoms with Crippen molar-refractivity contribution < 1.29 is 4.79 Å². The molecule has 0 radical (unpaired) electrons. The maximum Gasteiger partial charge on any atom is 0.271 e. The van der Waals surface area contributed by atoms with Crippen molar-refractivity contribution >= 4 is 12.1 Å². The van der Waals surface area contributed by atoms with Gasteiger partial charge in [0.15, 0.2) is 0 Å². The van der Waals surface area contributed by atoms with Gasteiger partial charge in [-0.1, -0.05) is 54.6 Å². The van der Waals surface area contributed by atoms with Crippen molar-refractivity contribution in [3.63, 3.8) is 0 Å². The minimum absolute atomic E-state index is 0.318. The first-order valence-electron chi connectivity index (χ1n) is 9.47. The Hall–Kier alpha value is -4.64. The number of hydrogen-bond donors (Lipinski definition) is 1. The standard InChI is InChI=1S/C23H17N7O/c24-14-17-6-8-18(9-7-17)15-25-27-23(31)21-12-10-19(11-13-21)16-30-28-22(26-29-30)20-4-2-1-3-5-20/h1-13,15H,16H2,(H,27,31)/b25-15+. The average molecular weight is 407 g/mol. The number of carbonyl (C=O) groups excluding carboxylic acids is 1. The third-order valence-corrected chi connectivity index (χ3v) is 4.44. The molecule has 0 saturated carbocycles. The van der Waals surface area contributed by atoms with E-state index < -0.39 is 0 Å². The van der Waals surface area contributed by atoms with Gasteiger partial charge in [-0.3, -0.25) is 4.79 Å². The first kappa shape index (κ1) is 19.7. The number of nitrogens with one attached hydrogen (secondary N) is 1. The van der Waals surface area contributed by atoms with Crippen molar-refractivity contribution in [2.45, 2.75) is 6.54 Å². The number of aromatic nitrogens is 4. The molecule has 0 aliphatic rings. The second-order valence-corrected chi connectivity index (χ2v) is 6.64. The molecule has 0 bridgehead atoms. The zero-order chi connectivity index (χ0) is 21.5. The van der Waals surface area contributed by atoms with Gasteiger partial charge in [0.25, 0.3) is 5.91 Å². The molecule has 0 fully saturated rings. The highest BCUT2D eigenvalue weighted by Gasteiger charge is 2.07. The van der Waals surface area contributed by atoms with Gasteiger partial charge in [0.2, 0.25) is 5.82 Å². The van der Waals surface area contributed by atoms with Crippen molar-refractivity contribution in [3.8, 4) is 17.5 Å². The van der Waals surface area contributed by atoms with E-state index in [-0.39, 0.29) is 5.91 Å². The Labute approximate surface area is 178 Å². The smallest absolute Gasteiger partial charge is 0.267 e. The molecular formula is C23H17N7O. The fourth-order valence-corrected chi connectivity index (χ4v) is 2.81. The van der Waals surface area contributed by atoms with Crippen molar-refractivity contribution in [2.24, 2.45) is 5.10 Å². The summed E-state index contributed by atoms with van der Waals surface area (Å²) in [5.74, 6) is 0.249. The summed E-state index contributed by atoms with van der Waals surface area (Å²) in [4.78, 5) is 13.8. The molecule has 1 aromatic heterocycles. The van der Waals surface area contributed by atoms with Crippen LogP contribution in [0.25, 0.3) is 11.4 Å². The molecule has 4 rings (SSSR count). The molecule has 8 nitrogen and oxygen atoms in total. The van der Waals surface area contributed by atoms with Crippen LogP contribution in [0, 0.1) is 11.3 Å². The molecule has 0 unspecified atom stereocenters. The maximum atomic E-state index is 12.3. The molecule has 0 atom stereocenters. The number of nitriles is 1. The highest BCUT2D eigenvalue weighted by atomic mass is 16.2. The van der Waals surface area contributed by atoms with Crippen molar-refractivity contribution in [1.29, 1.82) is 5.26 Å². The third kappa shape index (κ3) is 5.05. The lowest BCUT2D eigenvalue weighted by atomic mass is 10.1. The summed E-state index contributed by atoms with van der Waals surface area (Å²) in [7, 11) is 0. The lowest BCUT2D eigenvalue weighted by Gasteiger charge is -2.03. The third-order valence-electron chi connectivity index (χ3n) is 4.44. The van der Waals surface area contributed by atoms with Gasteiger partial charge in [0.05, 0.1) is 24.4 Å². The first-order valence-corrected chi connectivity index (χ1v) is 9.47. The molecule has 4 aromatic rings. The number of tetrazole rings is 1. The summed E-state index contributed by atoms with van der Waals surface area (Å²) in [6, 6.07) is 25.7. The average Bonchev–Trinajstić information content (AvgIpc) is 3.29. The number of benzene rings is 3. The minimum atomic E-state index is -0.318. The predicted octanol–water partition coefficient (Wildman–Crippen LogP) is 3.02. The van der Waals surface area contributed by atoms with Gasteiger partial charge in [-0.15, -0.1) is 10.2 Å². The molecule has 1 N–H and O–H groups in total. The van der Waals surface area contributed by atoms with Crippen LogP contribution in [0.1, 0.15) is 27.0 Å². The zero-order valence-electron chi connectivity index (χ0n) is 16.4. The summed E-state index contributed by atoms with van der Waals surface area (Å²) in [5, 5.41) is 25.3. The van der Waals surface area contributed by atoms with Gasteiger partial charge < -0.3 is 0 Å². The Balaban J connectivity index is 1.34. The molecule has 1 heterocycles. The van der Waals surface area contributed by atoms with Gasteiger partial charge in [-0.2, -0.15) is 15.2 Å². The van der Waals surface area contributed by atoms with Gasteiger partial charge in [0.1, 0.15) is 0 Å². The normalized spacial score (nSPS) is 10.7. The minimum Gasteiger partial charge on any atom is -0.267 e. The second-order valence-electron chi connectivity index (χ2n) is 6.64. The van der Waals surface area contributed by atoms with E-state index in [1.807, 2.05) is 42.5 Å². The fraction of sp³-hybridized carbons (Fsp3) is 0.0435. The monoisotopic (exact) mass is 407 g/mol. The number of carbonyl (C=O) groups is 1. The zero-order valence-corrected chi connectivity index (χ0v) is 16.4. The summed E-state index contributed by atoms with van der Waals surface area (Å²) in [5.41, 5.74) is 6.17. The predicted molar refractivity (Wildman–Crippen MR) is 115 cm³/mol. The Bertz CT molecular complexity index is 1240. The quantitative estimate of drug-likeness (QED) is 0.390. The van der Waals surface area contributed by atoms with E-state index in [1.165, 1.54) is 11.0 Å². The molecule has 0 spiro atoms. The highest BCUT2D eigenvalue weighted by molar-refractivity contribution is 5.94. The number of nitrogens with zero attached hydrogens (tertiary/aromatic N) is 6. The maximum absolute atomic E-state index is 12.3. The van der Waals surface area contributed by atoms with Crippen LogP contribution in [-0.2, 0) is 6.54 Å². The molecule has 0 aliphatic carbocycles. The molecular weight excluding hydrogens is 390 g/mol. The molecule has 8 heteroatoms. The van der Waals surface area contributed by atoms with E-state index >= 15 is 0 Å². The highest BCUT2D eigenvalue weighted by Crippen LogP contribution is 2.12. The molecule has 150 valence electrons. The van der Waals surface area contributed by atoms with Crippen LogP contribution < -0.4 is 5.43 Å². The topological polar surface area (TPSA) is 109 Å². The Morgan fingerprint density at radius 3 is 2.48 bits per heavy atom. The SMILES string of the molecule is N#Cc1ccc(/C=N/NC(=O)c2ccc(Cn3nnc(-c4ccccc4)n3)cc2)cc1. The molecule has 1 amide bonds. The van der Waals surface area contributed by atoms with Gasteiger partial charge >= 0.3 is 0 Å². The Morgan fingerprint density at radius 1 is 1.03 bits per heavy atom.